The highest BCUT2D eigenvalue weighted by Crippen LogP contribution is 2.07. The number of nitrogens with zero attached hydrogens (tertiary/aromatic N) is 1. The van der Waals surface area contributed by atoms with Gasteiger partial charge in [0.05, 0.1) is 6.54 Å². The molecule has 110 valence electrons. The third kappa shape index (κ3) is 4.56. The molecule has 0 aromatic heterocycles. The molecule has 2 amide bonds. The highest BCUT2D eigenvalue weighted by molar-refractivity contribution is 6.12. The number of unbranched alkanes of at least 4 members (excludes halogenated alkanes) is 1. The van der Waals surface area contributed by atoms with Gasteiger partial charge in [-0.15, -0.1) is 0 Å². The molecule has 8 heteroatoms. The van der Waals surface area contributed by atoms with Gasteiger partial charge in [0, 0.05) is 18.7 Å². The van der Waals surface area contributed by atoms with Crippen LogP contribution >= 0.6 is 0 Å². The van der Waals surface area contributed by atoms with Crippen LogP contribution in [0.2, 0.25) is 0 Å². The van der Waals surface area contributed by atoms with Gasteiger partial charge in [-0.25, -0.2) is 4.79 Å². The molecule has 0 aliphatic carbocycles. The Hall–Kier alpha value is -2.06. The number of imide groups is 1. The van der Waals surface area contributed by atoms with Crippen molar-refractivity contribution < 1.29 is 23.9 Å². The summed E-state index contributed by atoms with van der Waals surface area (Å²) in [6.07, 6.45) is 3.75. The van der Waals surface area contributed by atoms with E-state index >= 15 is 0 Å². The molecule has 1 atom stereocenters. The third-order valence-electron chi connectivity index (χ3n) is 2.73. The van der Waals surface area contributed by atoms with Gasteiger partial charge in [-0.05, 0) is 19.3 Å². The third-order valence-corrected chi connectivity index (χ3v) is 2.73. The number of hydrogen-bond donors (Lipinski definition) is 2. The van der Waals surface area contributed by atoms with Crippen LogP contribution < -0.4 is 11.5 Å². The second-order valence-electron chi connectivity index (χ2n) is 4.26. The summed E-state index contributed by atoms with van der Waals surface area (Å²) in [6, 6.07) is -0.923. The van der Waals surface area contributed by atoms with Crippen molar-refractivity contribution in [1.29, 1.82) is 0 Å². The van der Waals surface area contributed by atoms with Crippen LogP contribution in [0.5, 0.6) is 0 Å². The Morgan fingerprint density at radius 3 is 2.35 bits per heavy atom. The van der Waals surface area contributed by atoms with E-state index in [0.717, 1.165) is 4.90 Å². The number of amides is 2. The molecular weight excluding hydrogens is 266 g/mol. The van der Waals surface area contributed by atoms with Crippen LogP contribution in [0.4, 0.5) is 0 Å². The lowest BCUT2D eigenvalue weighted by molar-refractivity contribution is -0.159. The van der Waals surface area contributed by atoms with Gasteiger partial charge in [0.15, 0.2) is 0 Å². The first-order valence-corrected chi connectivity index (χ1v) is 6.19. The zero-order valence-corrected chi connectivity index (χ0v) is 10.9. The van der Waals surface area contributed by atoms with Crippen molar-refractivity contribution >= 4 is 23.8 Å². The topological polar surface area (TPSA) is 133 Å². The molecule has 4 N–H and O–H groups in total. The quantitative estimate of drug-likeness (QED) is 0.250. The molecule has 0 radical (unpaired) electrons. The van der Waals surface area contributed by atoms with Gasteiger partial charge in [0.1, 0.15) is 6.04 Å². The van der Waals surface area contributed by atoms with E-state index in [1.54, 1.807) is 0 Å². The lowest BCUT2D eigenvalue weighted by atomic mass is 10.1. The predicted molar refractivity (Wildman–Crippen MR) is 67.8 cm³/mol. The largest absolute Gasteiger partial charge is 0.391 e. The van der Waals surface area contributed by atoms with Gasteiger partial charge in [-0.3, -0.25) is 19.3 Å². The normalized spacial score (nSPS) is 15.6. The number of ether oxygens (including phenoxy) is 1. The summed E-state index contributed by atoms with van der Waals surface area (Å²) in [5.74, 6) is -2.33. The fourth-order valence-electron chi connectivity index (χ4n) is 1.63. The van der Waals surface area contributed by atoms with E-state index in [0.29, 0.717) is 19.3 Å². The molecule has 1 heterocycles. The second-order valence-corrected chi connectivity index (χ2v) is 4.26. The molecule has 1 aliphatic heterocycles. The summed E-state index contributed by atoms with van der Waals surface area (Å²) >= 11 is 0. The summed E-state index contributed by atoms with van der Waals surface area (Å²) in [7, 11) is 0. The molecule has 0 saturated heterocycles. The number of carbonyl (C=O) groups excluding carboxylic acids is 4. The first-order valence-electron chi connectivity index (χ1n) is 6.19. The fourth-order valence-corrected chi connectivity index (χ4v) is 1.63. The predicted octanol–water partition coefficient (Wildman–Crippen LogP) is -1.56. The molecule has 0 aromatic carbocycles. The molecule has 8 nitrogen and oxygen atoms in total. The molecule has 0 saturated carbocycles. The minimum absolute atomic E-state index is 0.272. The smallest absolute Gasteiger partial charge is 0.330 e. The van der Waals surface area contributed by atoms with Gasteiger partial charge in [0.2, 0.25) is 0 Å². The summed E-state index contributed by atoms with van der Waals surface area (Å²) < 4.78 is 4.37. The Balaban J connectivity index is 2.21. The first-order chi connectivity index (χ1) is 9.45. The van der Waals surface area contributed by atoms with Gasteiger partial charge >= 0.3 is 11.9 Å². The van der Waals surface area contributed by atoms with Crippen molar-refractivity contribution in [2.45, 2.75) is 25.3 Å². The van der Waals surface area contributed by atoms with Gasteiger partial charge in [-0.2, -0.15) is 0 Å². The number of esters is 2. The van der Waals surface area contributed by atoms with Crippen molar-refractivity contribution in [3.63, 3.8) is 0 Å². The summed E-state index contributed by atoms with van der Waals surface area (Å²) in [5, 5.41) is 0. The van der Waals surface area contributed by atoms with Crippen molar-refractivity contribution in [1.82, 2.24) is 4.90 Å². The summed E-state index contributed by atoms with van der Waals surface area (Å²) in [4.78, 5) is 45.7. The van der Waals surface area contributed by atoms with Crippen LogP contribution in [0.3, 0.4) is 0 Å². The van der Waals surface area contributed by atoms with E-state index < -0.39 is 18.0 Å². The summed E-state index contributed by atoms with van der Waals surface area (Å²) in [5.41, 5.74) is 10.5. The standard InChI is InChI=1S/C12H17N3O5/c13-7-11(18)20-12(19)8(14)3-1-2-6-15-9(16)4-5-10(15)17/h4-5,8H,1-3,6-7,13-14H2/t8-/m1/s1. The van der Waals surface area contributed by atoms with E-state index in [2.05, 4.69) is 4.74 Å². The summed E-state index contributed by atoms with van der Waals surface area (Å²) in [6.45, 7) is -0.112. The molecule has 20 heavy (non-hydrogen) atoms. The van der Waals surface area contributed by atoms with E-state index in [4.69, 9.17) is 11.5 Å². The lowest BCUT2D eigenvalue weighted by Gasteiger charge is -2.14. The van der Waals surface area contributed by atoms with Crippen molar-refractivity contribution in [2.75, 3.05) is 13.1 Å². The van der Waals surface area contributed by atoms with E-state index in [1.807, 2.05) is 0 Å². The lowest BCUT2D eigenvalue weighted by Crippen LogP contribution is -2.35. The monoisotopic (exact) mass is 283 g/mol. The van der Waals surface area contributed by atoms with Crippen LogP contribution in [-0.2, 0) is 23.9 Å². The van der Waals surface area contributed by atoms with Crippen LogP contribution in [0, 0.1) is 0 Å². The number of carbonyl (C=O) groups is 4. The van der Waals surface area contributed by atoms with Crippen molar-refractivity contribution in [3.8, 4) is 0 Å². The van der Waals surface area contributed by atoms with Crippen molar-refractivity contribution in [2.24, 2.45) is 11.5 Å². The maximum absolute atomic E-state index is 11.3. The number of nitrogens with two attached hydrogens (primary N) is 2. The molecule has 0 unspecified atom stereocenters. The molecule has 0 bridgehead atoms. The van der Waals surface area contributed by atoms with Crippen LogP contribution in [-0.4, -0.2) is 47.8 Å². The molecule has 0 fully saturated rings. The Morgan fingerprint density at radius 1 is 1.20 bits per heavy atom. The van der Waals surface area contributed by atoms with Crippen LogP contribution in [0.15, 0.2) is 12.2 Å². The maximum Gasteiger partial charge on any atom is 0.330 e. The Morgan fingerprint density at radius 2 is 1.80 bits per heavy atom. The van der Waals surface area contributed by atoms with Crippen molar-refractivity contribution in [3.05, 3.63) is 12.2 Å². The molecule has 1 rings (SSSR count). The Labute approximate surface area is 115 Å². The Kier molecular flexibility index (Phi) is 6.01. The average molecular weight is 283 g/mol. The molecule has 1 aliphatic rings. The van der Waals surface area contributed by atoms with Gasteiger partial charge in [-0.1, -0.05) is 0 Å². The van der Waals surface area contributed by atoms with Gasteiger partial charge in [0.25, 0.3) is 11.8 Å². The first kappa shape index (κ1) is 16.0. The molecule has 0 spiro atoms. The van der Waals surface area contributed by atoms with Crippen LogP contribution in [0.25, 0.3) is 0 Å². The number of hydrogen-bond acceptors (Lipinski definition) is 7. The zero-order valence-electron chi connectivity index (χ0n) is 10.9. The van der Waals surface area contributed by atoms with Crippen LogP contribution in [0.1, 0.15) is 19.3 Å². The van der Waals surface area contributed by atoms with Gasteiger partial charge < -0.3 is 16.2 Å². The maximum atomic E-state index is 11.3. The average Bonchev–Trinajstić information content (AvgIpc) is 2.74. The minimum Gasteiger partial charge on any atom is -0.391 e. The highest BCUT2D eigenvalue weighted by Gasteiger charge is 2.23. The van der Waals surface area contributed by atoms with E-state index in [1.165, 1.54) is 12.2 Å². The zero-order chi connectivity index (χ0) is 15.1. The second kappa shape index (κ2) is 7.51. The number of rotatable bonds is 7. The molecule has 0 aromatic rings. The molecular formula is C12H17N3O5. The highest BCUT2D eigenvalue weighted by atomic mass is 16.6. The van der Waals surface area contributed by atoms with E-state index in [-0.39, 0.29) is 24.9 Å². The SMILES string of the molecule is NCC(=O)OC(=O)[C@H](N)CCCCN1C(=O)C=CC1=O. The van der Waals surface area contributed by atoms with E-state index in [9.17, 15) is 19.2 Å². The fraction of sp³-hybridized carbons (Fsp3) is 0.500. The Bertz CT molecular complexity index is 428. The minimum atomic E-state index is -0.923.